The van der Waals surface area contributed by atoms with Gasteiger partial charge in [0.05, 0.1) is 43.2 Å². The van der Waals surface area contributed by atoms with E-state index < -0.39 is 10.4 Å². The highest BCUT2D eigenvalue weighted by Crippen LogP contribution is 2.47. The Morgan fingerprint density at radius 1 is 0.390 bits per heavy atom. The number of nitriles is 3. The molecule has 28 nitrogen and oxygen atoms in total. The molecular formula is C101H106ClN23O5S6. The van der Waals surface area contributed by atoms with Crippen molar-refractivity contribution in [3.63, 3.8) is 0 Å². The number of benzene rings is 8. The fraction of sp³-hybridized carbons (Fsp3) is 0.238. The lowest BCUT2D eigenvalue weighted by Crippen LogP contribution is -2.15. The number of fused-ring (bicyclic) bond motifs is 2. The number of aromatic nitrogens is 8. The third-order valence-electron chi connectivity index (χ3n) is 21.3. The van der Waals surface area contributed by atoms with E-state index in [9.17, 15) is 18.9 Å². The molecule has 0 radical (unpaired) electrons. The Labute approximate surface area is 818 Å². The van der Waals surface area contributed by atoms with Crippen LogP contribution in [0.4, 0.5) is 101 Å². The summed E-state index contributed by atoms with van der Waals surface area (Å²) in [5.74, 6) is 4.28. The van der Waals surface area contributed by atoms with E-state index in [2.05, 4.69) is 309 Å². The van der Waals surface area contributed by atoms with Gasteiger partial charge in [-0.2, -0.15) is 37.3 Å². The maximum absolute atomic E-state index is 9.68. The van der Waals surface area contributed by atoms with Crippen LogP contribution in [0.25, 0.3) is 20.4 Å². The summed E-state index contributed by atoms with van der Waals surface area (Å²) in [7, 11) is -4.54. The van der Waals surface area contributed by atoms with Crippen molar-refractivity contribution in [3.05, 3.63) is 301 Å². The van der Waals surface area contributed by atoms with Crippen molar-refractivity contribution in [2.45, 2.75) is 166 Å². The first-order valence-electron chi connectivity index (χ1n) is 42.7. The topological polar surface area (TPSA) is 409 Å². The molecular weight excluding hydrogens is 1840 g/mol. The summed E-state index contributed by atoms with van der Waals surface area (Å²) in [6.07, 6.45) is 0. The number of nitrogens with one attached hydrogen (secondary N) is 6. The molecule has 0 amide bonds. The maximum atomic E-state index is 9.68. The molecule has 0 saturated heterocycles. The zero-order chi connectivity index (χ0) is 99.0. The first kappa shape index (κ1) is 103. The average molecular weight is 1950 g/mol. The van der Waals surface area contributed by atoms with Gasteiger partial charge in [-0.1, -0.05) is 159 Å². The van der Waals surface area contributed by atoms with E-state index in [-0.39, 0.29) is 0 Å². The number of hydrogen-bond donors (Lipinski definition) is 9. The molecule has 0 atom stereocenters. The first-order chi connectivity index (χ1) is 64.5. The molecule has 8 aromatic heterocycles. The van der Waals surface area contributed by atoms with Gasteiger partial charge in [0.15, 0.2) is 31.2 Å². The van der Waals surface area contributed by atoms with Crippen LogP contribution in [-0.2, 0) is 14.7 Å². The number of para-hydroxylation sites is 2. The maximum Gasteiger partial charge on any atom is 0.415 e. The highest BCUT2D eigenvalue weighted by molar-refractivity contribution is 7.80. The summed E-state index contributed by atoms with van der Waals surface area (Å²) in [4.78, 5) is 26.4. The van der Waals surface area contributed by atoms with Gasteiger partial charge in [0, 0.05) is 28.4 Å². The standard InChI is InChI=1S/C36H34N8S2.C29H31N7S.C24H29N3.C7H4ClNS.C5H5N3S.H3NO5S/c1-19-13-21(3)31(22(4)14-19)40-34-32(41-42-35-27(18-37)26(8)43-46-35)23(5)17-30(39-34)44(33-24(6)15-20(2)16-25(33)7)36-38-28-11-9-10-12-29(28)45-36;1-15-9-17(3)25(18(4)10-15)31-24-13-21(7)27(34-35-29-23(14-30)22(8)36-37-29)28(32-24)33-26-19(5)11-16(2)12-20(26)6;1-14-8-17(4)23(18(5)9-14)26-21-12-16(3)13-22(25-21)27-24-19(6)10-15(2)11-20(24)7;8-7-9-5-3-1-2-4-6(5)10-7;1-3-4(2-6)5(7)9-8-3;2-1-6-7(3,4)5/h9-17H,1-8H3,(H,39,40);9-13H,1-8H3,(H2,31,32,33);8-13H,1-7H3,(H2,25,26,27);1-4H;7H2,1H3;1-2H,(H,3,4,5). The number of aryl methyl sites for hydroxylation is 24. The number of nitrogens with two attached hydrogens (primary N) is 1. The van der Waals surface area contributed by atoms with Crippen molar-refractivity contribution < 1.29 is 22.5 Å². The molecule has 0 spiro atoms. The molecule has 0 aliphatic carbocycles. The second kappa shape index (κ2) is 45.5. The average Bonchev–Trinajstić information content (AvgIpc) is 1.38. The molecule has 10 N–H and O–H groups in total. The second-order valence-electron chi connectivity index (χ2n) is 33.1. The molecule has 8 heterocycles. The van der Waals surface area contributed by atoms with Crippen LogP contribution < -0.4 is 42.9 Å². The number of anilines is 14. The number of hydrogen-bond acceptors (Lipinski definition) is 32. The lowest BCUT2D eigenvalue weighted by molar-refractivity contribution is -0.0456. The molecule has 16 aromatic rings. The van der Waals surface area contributed by atoms with Crippen LogP contribution in [0, 0.1) is 200 Å². The minimum atomic E-state index is -4.54. The monoisotopic (exact) mass is 1950 g/mol. The Balaban J connectivity index is 0.000000175. The van der Waals surface area contributed by atoms with Gasteiger partial charge in [0.25, 0.3) is 0 Å². The van der Waals surface area contributed by atoms with Gasteiger partial charge in [-0.05, 0) is 333 Å². The molecule has 0 fully saturated rings. The first-order valence-corrected chi connectivity index (χ1v) is 48.4. The molecule has 0 unspecified atom stereocenters. The van der Waals surface area contributed by atoms with Crippen LogP contribution in [0.5, 0.6) is 0 Å². The largest absolute Gasteiger partial charge is 0.415 e. The highest BCUT2D eigenvalue weighted by Gasteiger charge is 2.27. The zero-order valence-corrected chi connectivity index (χ0v) is 85.7. The molecule has 16 rings (SSSR count). The Morgan fingerprint density at radius 3 is 1.07 bits per heavy atom. The Bertz CT molecular complexity index is 7200. The molecule has 35 heteroatoms. The van der Waals surface area contributed by atoms with Crippen molar-refractivity contribution in [3.8, 4) is 18.2 Å². The number of halogens is 1. The Kier molecular flexibility index (Phi) is 34.4. The minimum absolute atomic E-state index is 0.433. The van der Waals surface area contributed by atoms with Gasteiger partial charge in [-0.15, -0.1) is 36.1 Å². The van der Waals surface area contributed by atoms with Crippen molar-refractivity contribution in [1.82, 2.24) is 43.7 Å². The normalized spacial score (nSPS) is 11.0. The molecule has 0 bridgehead atoms. The van der Waals surface area contributed by atoms with Crippen molar-refractivity contribution in [2.24, 2.45) is 20.5 Å². The third-order valence-corrected chi connectivity index (χ3v) is 26.2. The van der Waals surface area contributed by atoms with E-state index in [0.717, 1.165) is 161 Å². The minimum Gasteiger partial charge on any atom is -0.388 e. The smallest absolute Gasteiger partial charge is 0.388 e. The molecule has 8 aromatic carbocycles. The fourth-order valence-electron chi connectivity index (χ4n) is 15.7. The number of nitrogen functional groups attached to an aromatic ring is 1. The lowest BCUT2D eigenvalue weighted by Gasteiger charge is -2.27. The number of thiazole rings is 2. The second-order valence-corrected chi connectivity index (χ2v) is 39.1. The highest BCUT2D eigenvalue weighted by atomic mass is 35.5. The summed E-state index contributed by atoms with van der Waals surface area (Å²) in [5.41, 5.74) is 43.2. The van der Waals surface area contributed by atoms with E-state index in [4.69, 9.17) is 52.3 Å². The van der Waals surface area contributed by atoms with E-state index in [0.29, 0.717) is 82.2 Å². The van der Waals surface area contributed by atoms with Crippen molar-refractivity contribution in [1.29, 1.82) is 15.8 Å². The van der Waals surface area contributed by atoms with Crippen LogP contribution >= 0.6 is 68.9 Å². The van der Waals surface area contributed by atoms with Gasteiger partial charge in [-0.3, -0.25) is 14.7 Å². The molecule has 0 saturated carbocycles. The predicted molar refractivity (Wildman–Crippen MR) is 558 cm³/mol. The van der Waals surface area contributed by atoms with Gasteiger partial charge >= 0.3 is 10.4 Å². The van der Waals surface area contributed by atoms with Gasteiger partial charge in [0.2, 0.25) is 0 Å². The summed E-state index contributed by atoms with van der Waals surface area (Å²) in [5, 5.41) is 73.1. The van der Waals surface area contributed by atoms with E-state index in [1.165, 1.54) is 84.1 Å². The fourth-order valence-corrected chi connectivity index (χ4v) is 19.8. The van der Waals surface area contributed by atoms with Gasteiger partial charge in [-0.25, -0.2) is 24.9 Å². The van der Waals surface area contributed by atoms with E-state index in [1.807, 2.05) is 74.5 Å². The molecule has 0 aliphatic rings. The SMILES string of the molecule is Cc1cc(C)c(Nc2cc(C)c(N=Nc3snc(C)c3C#N)c(Nc3c(C)cc(C)cc3C)n2)c(C)c1.Cc1cc(C)c(Nc2nc(N(c3nc4ccccc4s3)c3c(C)cc(C)cc3C)cc(C)c2N=Nc2snc(C)c2C#N)c(C)c1.Cc1cc(Nc2c(C)cc(C)cc2C)nc(Nc2c(C)cc(C)cc2C)c1.Cc1nsc(N)c1C#N.Clc1nc2ccccc2s1.O=S(=O)(O)ONO. The predicted octanol–water partition coefficient (Wildman–Crippen LogP) is 29.2. The Morgan fingerprint density at radius 2 is 0.721 bits per heavy atom. The quantitative estimate of drug-likeness (QED) is 0.0206. The van der Waals surface area contributed by atoms with Gasteiger partial charge < -0.3 is 32.3 Å². The summed E-state index contributed by atoms with van der Waals surface area (Å²) in [6, 6.07) is 56.7. The van der Waals surface area contributed by atoms with Gasteiger partial charge in [0.1, 0.15) is 74.5 Å². The van der Waals surface area contributed by atoms with Crippen molar-refractivity contribution >= 4 is 200 Å². The Hall–Kier alpha value is -13.8. The van der Waals surface area contributed by atoms with E-state index >= 15 is 0 Å². The number of nitrogens with zero attached hydrogens (tertiary/aromatic N) is 16. The van der Waals surface area contributed by atoms with Crippen LogP contribution in [0.1, 0.15) is 151 Å². The summed E-state index contributed by atoms with van der Waals surface area (Å²) in [6.45, 7) is 49.5. The summed E-state index contributed by atoms with van der Waals surface area (Å²) < 4.78 is 44.6. The van der Waals surface area contributed by atoms with Crippen LogP contribution in [-0.4, -0.2) is 56.2 Å². The third kappa shape index (κ3) is 26.2. The molecule has 136 heavy (non-hydrogen) atoms. The summed E-state index contributed by atoms with van der Waals surface area (Å²) >= 11 is 12.3. The number of pyridine rings is 3. The number of rotatable bonds is 19. The van der Waals surface area contributed by atoms with E-state index in [1.54, 1.807) is 32.1 Å². The number of azo groups is 2. The van der Waals surface area contributed by atoms with Crippen LogP contribution in [0.15, 0.2) is 166 Å². The molecule has 698 valence electrons. The van der Waals surface area contributed by atoms with Crippen LogP contribution in [0.3, 0.4) is 0 Å². The zero-order valence-electron chi connectivity index (χ0n) is 80.0. The van der Waals surface area contributed by atoms with Crippen LogP contribution in [0.2, 0.25) is 4.47 Å². The molecule has 0 aliphatic heterocycles. The van der Waals surface area contributed by atoms with Crippen molar-refractivity contribution in [2.75, 3.05) is 37.2 Å². The lowest BCUT2D eigenvalue weighted by atomic mass is 10.0.